The fourth-order valence-corrected chi connectivity index (χ4v) is 3.68. The first-order chi connectivity index (χ1) is 9.61. The molecule has 120 valence electrons. The third-order valence-electron chi connectivity index (χ3n) is 3.27. The van der Waals surface area contributed by atoms with Crippen LogP contribution in [0.25, 0.3) is 0 Å². The molecule has 1 atom stereocenters. The van der Waals surface area contributed by atoms with E-state index in [0.29, 0.717) is 39.3 Å². The van der Waals surface area contributed by atoms with Gasteiger partial charge in [-0.3, -0.25) is 0 Å². The average molecular weight is 310 g/mol. The average Bonchev–Trinajstić information content (AvgIpc) is 2.46. The van der Waals surface area contributed by atoms with E-state index in [1.54, 1.807) is 7.11 Å². The second-order valence-corrected chi connectivity index (χ2v) is 6.51. The van der Waals surface area contributed by atoms with Crippen LogP contribution >= 0.6 is 0 Å². The van der Waals surface area contributed by atoms with Gasteiger partial charge in [-0.1, -0.05) is 6.42 Å². The molecule has 0 aliphatic carbocycles. The van der Waals surface area contributed by atoms with Gasteiger partial charge < -0.3 is 14.6 Å². The molecule has 0 aromatic heterocycles. The molecule has 0 saturated carbocycles. The maximum atomic E-state index is 12.1. The minimum absolute atomic E-state index is 0.124. The molecule has 1 fully saturated rings. The van der Waals surface area contributed by atoms with Crippen LogP contribution in [0, 0.1) is 0 Å². The molecular weight excluding hydrogens is 284 g/mol. The van der Waals surface area contributed by atoms with E-state index in [-0.39, 0.29) is 12.6 Å². The van der Waals surface area contributed by atoms with Crippen LogP contribution in [0.3, 0.4) is 0 Å². The van der Waals surface area contributed by atoms with Gasteiger partial charge in [-0.25, -0.2) is 4.72 Å². The molecule has 0 spiro atoms. The standard InChI is InChI=1S/C12H26N2O5S/c1-18-9-10-19-8-4-6-13-20(16,17)14-7-3-2-5-12(14)11-15/h12-13,15H,2-11H2,1H3. The molecule has 2 N–H and O–H groups in total. The van der Waals surface area contributed by atoms with Crippen LogP contribution < -0.4 is 4.72 Å². The predicted molar refractivity (Wildman–Crippen MR) is 75.7 cm³/mol. The fourth-order valence-electron chi connectivity index (χ4n) is 2.18. The van der Waals surface area contributed by atoms with Crippen molar-refractivity contribution in [3.63, 3.8) is 0 Å². The van der Waals surface area contributed by atoms with E-state index in [9.17, 15) is 13.5 Å². The van der Waals surface area contributed by atoms with Gasteiger partial charge in [0.15, 0.2) is 0 Å². The van der Waals surface area contributed by atoms with E-state index >= 15 is 0 Å². The van der Waals surface area contributed by atoms with Crippen LogP contribution in [-0.4, -0.2) is 70.5 Å². The quantitative estimate of drug-likeness (QED) is 0.542. The lowest BCUT2D eigenvalue weighted by atomic mass is 10.1. The van der Waals surface area contributed by atoms with Crippen molar-refractivity contribution in [2.75, 3.05) is 46.6 Å². The van der Waals surface area contributed by atoms with E-state index in [1.165, 1.54) is 4.31 Å². The Hall–Kier alpha value is -0.250. The SMILES string of the molecule is COCCOCCCNS(=O)(=O)N1CCCCC1CO. The van der Waals surface area contributed by atoms with Crippen molar-refractivity contribution in [1.29, 1.82) is 0 Å². The first-order valence-corrected chi connectivity index (χ1v) is 8.50. The van der Waals surface area contributed by atoms with Gasteiger partial charge in [-0.05, 0) is 19.3 Å². The van der Waals surface area contributed by atoms with Crippen LogP contribution in [0.2, 0.25) is 0 Å². The first kappa shape index (κ1) is 17.8. The highest BCUT2D eigenvalue weighted by atomic mass is 32.2. The second-order valence-electron chi connectivity index (χ2n) is 4.80. The van der Waals surface area contributed by atoms with E-state index < -0.39 is 10.2 Å². The van der Waals surface area contributed by atoms with Gasteiger partial charge >= 0.3 is 0 Å². The molecule has 1 unspecified atom stereocenters. The lowest BCUT2D eigenvalue weighted by Crippen LogP contribution is -2.50. The van der Waals surface area contributed by atoms with Crippen LogP contribution in [0.5, 0.6) is 0 Å². The number of piperidine rings is 1. The molecule has 0 bridgehead atoms. The predicted octanol–water partition coefficient (Wildman–Crippen LogP) is -0.279. The van der Waals surface area contributed by atoms with Crippen molar-refractivity contribution >= 4 is 10.2 Å². The van der Waals surface area contributed by atoms with Crippen molar-refractivity contribution in [2.24, 2.45) is 0 Å². The Balaban J connectivity index is 2.26. The van der Waals surface area contributed by atoms with E-state index in [1.807, 2.05) is 0 Å². The normalized spacial score (nSPS) is 21.2. The number of aliphatic hydroxyl groups excluding tert-OH is 1. The Morgan fingerprint density at radius 1 is 1.30 bits per heavy atom. The van der Waals surface area contributed by atoms with Crippen LogP contribution in [0.1, 0.15) is 25.7 Å². The summed E-state index contributed by atoms with van der Waals surface area (Å²) in [5.74, 6) is 0. The van der Waals surface area contributed by atoms with Gasteiger partial charge in [-0.15, -0.1) is 0 Å². The Bertz CT molecular complexity index is 350. The highest BCUT2D eigenvalue weighted by molar-refractivity contribution is 7.87. The molecule has 1 heterocycles. The van der Waals surface area contributed by atoms with E-state index in [4.69, 9.17) is 9.47 Å². The highest BCUT2D eigenvalue weighted by Gasteiger charge is 2.31. The molecule has 1 saturated heterocycles. The zero-order chi connectivity index (χ0) is 14.8. The van der Waals surface area contributed by atoms with Gasteiger partial charge in [0.25, 0.3) is 10.2 Å². The van der Waals surface area contributed by atoms with Crippen molar-refractivity contribution in [1.82, 2.24) is 9.03 Å². The highest BCUT2D eigenvalue weighted by Crippen LogP contribution is 2.19. The molecule has 1 aliphatic heterocycles. The number of aliphatic hydroxyl groups is 1. The van der Waals surface area contributed by atoms with Crippen molar-refractivity contribution in [2.45, 2.75) is 31.7 Å². The van der Waals surface area contributed by atoms with Gasteiger partial charge in [0.1, 0.15) is 0 Å². The third-order valence-corrected chi connectivity index (χ3v) is 4.94. The first-order valence-electron chi connectivity index (χ1n) is 7.06. The number of nitrogens with zero attached hydrogens (tertiary/aromatic N) is 1. The summed E-state index contributed by atoms with van der Waals surface area (Å²) < 4.78 is 38.3. The summed E-state index contributed by atoms with van der Waals surface area (Å²) in [5, 5.41) is 9.25. The van der Waals surface area contributed by atoms with Gasteiger partial charge in [0.05, 0.1) is 19.8 Å². The van der Waals surface area contributed by atoms with Crippen molar-refractivity contribution in [3.8, 4) is 0 Å². The topological polar surface area (TPSA) is 88.1 Å². The summed E-state index contributed by atoms with van der Waals surface area (Å²) >= 11 is 0. The number of rotatable bonds is 10. The van der Waals surface area contributed by atoms with Gasteiger partial charge in [-0.2, -0.15) is 12.7 Å². The number of ether oxygens (including phenoxy) is 2. The summed E-state index contributed by atoms with van der Waals surface area (Å²) in [4.78, 5) is 0. The Morgan fingerprint density at radius 2 is 2.10 bits per heavy atom. The summed E-state index contributed by atoms with van der Waals surface area (Å²) in [6.45, 7) is 2.24. The zero-order valence-electron chi connectivity index (χ0n) is 12.1. The molecule has 0 radical (unpaired) electrons. The van der Waals surface area contributed by atoms with Gasteiger partial charge in [0, 0.05) is 32.8 Å². The smallest absolute Gasteiger partial charge is 0.279 e. The molecule has 8 heteroatoms. The van der Waals surface area contributed by atoms with E-state index in [2.05, 4.69) is 4.72 Å². The molecule has 0 aromatic carbocycles. The molecule has 0 amide bonds. The summed E-state index contributed by atoms with van der Waals surface area (Å²) in [6.07, 6.45) is 3.14. The maximum Gasteiger partial charge on any atom is 0.279 e. The maximum absolute atomic E-state index is 12.1. The van der Waals surface area contributed by atoms with Crippen molar-refractivity contribution in [3.05, 3.63) is 0 Å². The van der Waals surface area contributed by atoms with Crippen LogP contribution in [-0.2, 0) is 19.7 Å². The Labute approximate surface area is 121 Å². The lowest BCUT2D eigenvalue weighted by molar-refractivity contribution is 0.0698. The zero-order valence-corrected chi connectivity index (χ0v) is 12.9. The minimum atomic E-state index is -3.50. The molecule has 1 rings (SSSR count). The monoisotopic (exact) mass is 310 g/mol. The lowest BCUT2D eigenvalue weighted by Gasteiger charge is -2.33. The molecule has 7 nitrogen and oxygen atoms in total. The number of nitrogens with one attached hydrogen (secondary N) is 1. The Morgan fingerprint density at radius 3 is 2.80 bits per heavy atom. The Kier molecular flexibility index (Phi) is 8.58. The number of hydrogen-bond acceptors (Lipinski definition) is 5. The number of methoxy groups -OCH3 is 1. The second kappa shape index (κ2) is 9.64. The van der Waals surface area contributed by atoms with Crippen LogP contribution in [0.15, 0.2) is 0 Å². The molecule has 1 aliphatic rings. The number of hydrogen-bond donors (Lipinski definition) is 2. The molecule has 20 heavy (non-hydrogen) atoms. The van der Waals surface area contributed by atoms with Crippen molar-refractivity contribution < 1.29 is 23.0 Å². The summed E-state index contributed by atoms with van der Waals surface area (Å²) in [7, 11) is -1.89. The van der Waals surface area contributed by atoms with Gasteiger partial charge in [0.2, 0.25) is 0 Å². The third kappa shape index (κ3) is 6.02. The summed E-state index contributed by atoms with van der Waals surface area (Å²) in [5.41, 5.74) is 0. The fraction of sp³-hybridized carbons (Fsp3) is 1.00. The minimum Gasteiger partial charge on any atom is -0.395 e. The molecular formula is C12H26N2O5S. The largest absolute Gasteiger partial charge is 0.395 e. The van der Waals surface area contributed by atoms with Crippen LogP contribution in [0.4, 0.5) is 0 Å². The summed E-state index contributed by atoms with van der Waals surface area (Å²) in [6, 6.07) is -0.292. The van der Waals surface area contributed by atoms with E-state index in [0.717, 1.165) is 19.3 Å². The molecule has 0 aromatic rings.